The zero-order valence-electron chi connectivity index (χ0n) is 15.5. The third-order valence-corrected chi connectivity index (χ3v) is 6.33. The van der Waals surface area contributed by atoms with Crippen molar-refractivity contribution in [2.24, 2.45) is 0 Å². The second-order valence-electron chi connectivity index (χ2n) is 6.44. The van der Waals surface area contributed by atoms with Crippen molar-refractivity contribution in [2.75, 3.05) is 5.32 Å². The van der Waals surface area contributed by atoms with E-state index in [0.717, 1.165) is 5.56 Å². The molecule has 146 valence electrons. The molecule has 1 aromatic heterocycles. The summed E-state index contributed by atoms with van der Waals surface area (Å²) >= 11 is 6.26. The number of sulfone groups is 1. The highest BCUT2D eigenvalue weighted by Crippen LogP contribution is 2.36. The van der Waals surface area contributed by atoms with Crippen molar-refractivity contribution >= 4 is 33.0 Å². The quantitative estimate of drug-likeness (QED) is 0.433. The first-order chi connectivity index (χ1) is 13.9. The zero-order chi connectivity index (χ0) is 20.4. The lowest BCUT2D eigenvalue weighted by Crippen LogP contribution is -2.05. The number of nitrogens with zero attached hydrogens (tertiary/aromatic N) is 1. The van der Waals surface area contributed by atoms with Crippen LogP contribution in [0.15, 0.2) is 93.2 Å². The molecule has 0 saturated heterocycles. The van der Waals surface area contributed by atoms with Gasteiger partial charge in [0.1, 0.15) is 0 Å². The fourth-order valence-electron chi connectivity index (χ4n) is 2.80. The van der Waals surface area contributed by atoms with Crippen molar-refractivity contribution in [1.29, 1.82) is 0 Å². The number of anilines is 2. The van der Waals surface area contributed by atoms with Crippen LogP contribution in [0, 0.1) is 6.92 Å². The molecule has 0 atom stereocenters. The molecule has 4 aromatic rings. The standard InChI is InChI=1S/C22H17ClN2O3S/c1-15-11-13-16(14-12-15)24-21-22(29(26,27)17-7-3-2-4-8-17)25-20(28-21)18-9-5-6-10-19(18)23/h2-14,24H,1H3. The molecule has 4 rings (SSSR count). The number of rotatable bonds is 5. The molecule has 0 radical (unpaired) electrons. The Morgan fingerprint density at radius 3 is 2.24 bits per heavy atom. The second-order valence-corrected chi connectivity index (χ2v) is 8.71. The van der Waals surface area contributed by atoms with Gasteiger partial charge < -0.3 is 9.73 Å². The highest BCUT2D eigenvalue weighted by atomic mass is 35.5. The minimum Gasteiger partial charge on any atom is -0.419 e. The fourth-order valence-corrected chi connectivity index (χ4v) is 4.29. The predicted molar refractivity (Wildman–Crippen MR) is 113 cm³/mol. The van der Waals surface area contributed by atoms with Gasteiger partial charge in [-0.2, -0.15) is 4.98 Å². The van der Waals surface area contributed by atoms with Gasteiger partial charge in [0.25, 0.3) is 0 Å². The lowest BCUT2D eigenvalue weighted by Gasteiger charge is -2.06. The number of hydrogen-bond acceptors (Lipinski definition) is 5. The Labute approximate surface area is 173 Å². The molecule has 0 aliphatic heterocycles. The summed E-state index contributed by atoms with van der Waals surface area (Å²) in [7, 11) is -3.91. The Balaban J connectivity index is 1.86. The van der Waals surface area contributed by atoms with Crippen molar-refractivity contribution in [2.45, 2.75) is 16.8 Å². The number of nitrogens with one attached hydrogen (secondary N) is 1. The molecule has 5 nitrogen and oxygen atoms in total. The smallest absolute Gasteiger partial charge is 0.238 e. The van der Waals surface area contributed by atoms with Gasteiger partial charge in [0, 0.05) is 5.69 Å². The van der Waals surface area contributed by atoms with E-state index in [-0.39, 0.29) is 21.7 Å². The maximum absolute atomic E-state index is 13.2. The van der Waals surface area contributed by atoms with E-state index in [0.29, 0.717) is 16.3 Å². The average molecular weight is 425 g/mol. The largest absolute Gasteiger partial charge is 0.419 e. The third kappa shape index (κ3) is 3.90. The lowest BCUT2D eigenvalue weighted by atomic mass is 10.2. The van der Waals surface area contributed by atoms with Gasteiger partial charge in [-0.15, -0.1) is 0 Å². The summed E-state index contributed by atoms with van der Waals surface area (Å²) in [4.78, 5) is 4.43. The Morgan fingerprint density at radius 2 is 1.55 bits per heavy atom. The van der Waals surface area contributed by atoms with Gasteiger partial charge in [-0.1, -0.05) is 59.6 Å². The van der Waals surface area contributed by atoms with Gasteiger partial charge in [-0.25, -0.2) is 8.42 Å². The molecule has 29 heavy (non-hydrogen) atoms. The Morgan fingerprint density at radius 1 is 0.897 bits per heavy atom. The van der Waals surface area contributed by atoms with Crippen LogP contribution in [-0.4, -0.2) is 13.4 Å². The van der Waals surface area contributed by atoms with Gasteiger partial charge in [-0.3, -0.25) is 0 Å². The zero-order valence-corrected chi connectivity index (χ0v) is 17.0. The van der Waals surface area contributed by atoms with Crippen LogP contribution in [0.5, 0.6) is 0 Å². The van der Waals surface area contributed by atoms with Crippen molar-refractivity contribution in [3.63, 3.8) is 0 Å². The van der Waals surface area contributed by atoms with Crippen molar-refractivity contribution in [1.82, 2.24) is 4.98 Å². The number of oxazole rings is 1. The first kappa shape index (κ1) is 19.2. The van der Waals surface area contributed by atoms with Gasteiger partial charge in [0.05, 0.1) is 15.5 Å². The molecule has 7 heteroatoms. The molecule has 0 bridgehead atoms. The van der Waals surface area contributed by atoms with E-state index >= 15 is 0 Å². The highest BCUT2D eigenvalue weighted by molar-refractivity contribution is 7.91. The normalized spacial score (nSPS) is 11.4. The Kier molecular flexibility index (Phi) is 5.13. The van der Waals surface area contributed by atoms with E-state index in [2.05, 4.69) is 10.3 Å². The van der Waals surface area contributed by atoms with Crippen LogP contribution in [0.2, 0.25) is 5.02 Å². The molecule has 0 aliphatic rings. The van der Waals surface area contributed by atoms with Crippen LogP contribution in [0.1, 0.15) is 5.56 Å². The van der Waals surface area contributed by atoms with Crippen LogP contribution in [0.25, 0.3) is 11.5 Å². The topological polar surface area (TPSA) is 72.2 Å². The minimum atomic E-state index is -3.91. The second kappa shape index (κ2) is 7.73. The average Bonchev–Trinajstić information content (AvgIpc) is 3.15. The first-order valence-corrected chi connectivity index (χ1v) is 10.7. The summed E-state index contributed by atoms with van der Waals surface area (Å²) in [6.45, 7) is 1.97. The van der Waals surface area contributed by atoms with Crippen LogP contribution in [0.3, 0.4) is 0 Å². The van der Waals surface area contributed by atoms with Crippen molar-refractivity contribution in [3.8, 4) is 11.5 Å². The molecule has 0 unspecified atom stereocenters. The molecule has 0 fully saturated rings. The number of benzene rings is 3. The summed E-state index contributed by atoms with van der Waals surface area (Å²) < 4.78 is 32.3. The molecule has 0 aliphatic carbocycles. The first-order valence-electron chi connectivity index (χ1n) is 8.85. The van der Waals surface area contributed by atoms with Gasteiger partial charge in [-0.05, 0) is 43.3 Å². The van der Waals surface area contributed by atoms with Crippen LogP contribution >= 0.6 is 11.6 Å². The molecule has 1 N–H and O–H groups in total. The lowest BCUT2D eigenvalue weighted by molar-refractivity contribution is 0.582. The maximum Gasteiger partial charge on any atom is 0.238 e. The van der Waals surface area contributed by atoms with E-state index in [1.807, 2.05) is 31.2 Å². The number of halogens is 1. The molecule has 0 amide bonds. The SMILES string of the molecule is Cc1ccc(Nc2oc(-c3ccccc3Cl)nc2S(=O)(=O)c2ccccc2)cc1. The fraction of sp³-hybridized carbons (Fsp3) is 0.0455. The van der Waals surface area contributed by atoms with Gasteiger partial charge >= 0.3 is 0 Å². The molecule has 1 heterocycles. The highest BCUT2D eigenvalue weighted by Gasteiger charge is 2.29. The predicted octanol–water partition coefficient (Wildman–Crippen LogP) is 5.88. The van der Waals surface area contributed by atoms with Gasteiger partial charge in [0.15, 0.2) is 0 Å². The summed E-state index contributed by atoms with van der Waals surface area (Å²) in [5.41, 5.74) is 2.28. The maximum atomic E-state index is 13.2. The van der Waals surface area contributed by atoms with Crippen molar-refractivity contribution in [3.05, 3.63) is 89.4 Å². The van der Waals surface area contributed by atoms with Crippen LogP contribution in [0.4, 0.5) is 11.6 Å². The van der Waals surface area contributed by atoms with E-state index in [9.17, 15) is 8.42 Å². The third-order valence-electron chi connectivity index (χ3n) is 4.32. The minimum absolute atomic E-state index is 0.0348. The van der Waals surface area contributed by atoms with Gasteiger partial charge in [0.2, 0.25) is 26.6 Å². The van der Waals surface area contributed by atoms with E-state index in [4.69, 9.17) is 16.0 Å². The molecular formula is C22H17ClN2O3S. The van der Waals surface area contributed by atoms with E-state index < -0.39 is 9.84 Å². The number of aryl methyl sites for hydroxylation is 1. The number of hydrogen-bond donors (Lipinski definition) is 1. The summed E-state index contributed by atoms with van der Waals surface area (Å²) in [6.07, 6.45) is 0. The summed E-state index contributed by atoms with van der Waals surface area (Å²) in [5.74, 6) is 0.160. The van der Waals surface area contributed by atoms with Crippen molar-refractivity contribution < 1.29 is 12.8 Å². The summed E-state index contributed by atoms with van der Waals surface area (Å²) in [6, 6.07) is 22.6. The summed E-state index contributed by atoms with van der Waals surface area (Å²) in [5, 5.41) is 3.25. The molecule has 0 saturated carbocycles. The Bertz CT molecular complexity index is 1250. The number of aromatic nitrogens is 1. The molecule has 0 spiro atoms. The van der Waals surface area contributed by atoms with Crippen LogP contribution < -0.4 is 5.32 Å². The molecular weight excluding hydrogens is 408 g/mol. The molecule has 3 aromatic carbocycles. The van der Waals surface area contributed by atoms with E-state index in [1.165, 1.54) is 12.1 Å². The van der Waals surface area contributed by atoms with E-state index in [1.54, 1.807) is 42.5 Å². The monoisotopic (exact) mass is 424 g/mol. The Hall–Kier alpha value is -3.09. The van der Waals surface area contributed by atoms with Crippen LogP contribution in [-0.2, 0) is 9.84 Å².